The first-order valence-corrected chi connectivity index (χ1v) is 33.7. The molecule has 3 aromatic heterocycles. The molecule has 4 fully saturated rings. The second kappa shape index (κ2) is 28.9. The van der Waals surface area contributed by atoms with E-state index < -0.39 is 26.8 Å². The van der Waals surface area contributed by atoms with E-state index in [2.05, 4.69) is 97.6 Å². The highest BCUT2D eigenvalue weighted by atomic mass is 35.5. The minimum absolute atomic E-state index is 0. The second-order valence-corrected chi connectivity index (χ2v) is 34.0. The lowest BCUT2D eigenvalue weighted by Crippen LogP contribution is -2.45. The Bertz CT molecular complexity index is 2140. The molecule has 0 unspecified atom stereocenters. The van der Waals surface area contributed by atoms with Crippen LogP contribution in [0.3, 0.4) is 0 Å². The van der Waals surface area contributed by atoms with E-state index in [9.17, 15) is 18.6 Å². The van der Waals surface area contributed by atoms with Crippen molar-refractivity contribution >= 4 is 39.2 Å². The predicted octanol–water partition coefficient (Wildman–Crippen LogP) is 11.1. The second-order valence-electron chi connectivity index (χ2n) is 22.9. The summed E-state index contributed by atoms with van der Waals surface area (Å²) in [5.74, 6) is 4.06. The fourth-order valence-electron chi connectivity index (χ4n) is 8.29. The maximum absolute atomic E-state index is 11.0. The molecule has 72 heavy (non-hydrogen) atoms. The van der Waals surface area contributed by atoms with Crippen molar-refractivity contribution in [2.24, 2.45) is 0 Å². The lowest BCUT2D eigenvalue weighted by atomic mass is 9.95. The molecule has 3 heterocycles. The normalized spacial score (nSPS) is 25.1. The maximum Gasteiger partial charge on any atom is 0.264 e. The molecule has 4 aliphatic rings. The molecule has 0 saturated heterocycles. The largest absolute Gasteiger partial charge is 0.474 e. The number of aromatic nitrogens is 6. The zero-order valence-corrected chi connectivity index (χ0v) is 49.7. The summed E-state index contributed by atoms with van der Waals surface area (Å²) in [6.07, 6.45) is 21.6. The van der Waals surface area contributed by atoms with Crippen LogP contribution in [-0.4, -0.2) is 120 Å². The fourth-order valence-corrected chi connectivity index (χ4v) is 11.8. The van der Waals surface area contributed by atoms with Crippen LogP contribution in [-0.2, 0) is 23.2 Å². The smallest absolute Gasteiger partial charge is 0.264 e. The number of rotatable bonds is 12. The van der Waals surface area contributed by atoms with E-state index in [1.807, 2.05) is 26.8 Å². The summed E-state index contributed by atoms with van der Waals surface area (Å²) in [6, 6.07) is 5.34. The Morgan fingerprint density at radius 1 is 0.472 bits per heavy atom. The van der Waals surface area contributed by atoms with E-state index in [-0.39, 0.29) is 54.1 Å². The van der Waals surface area contributed by atoms with Crippen LogP contribution in [0.4, 0.5) is 0 Å². The zero-order valence-electron chi connectivity index (χ0n) is 46.1. The Hall–Kier alpha value is -2.89. The van der Waals surface area contributed by atoms with Gasteiger partial charge in [0.05, 0.1) is 24.6 Å². The van der Waals surface area contributed by atoms with Crippen LogP contribution in [0.15, 0.2) is 36.8 Å². The van der Waals surface area contributed by atoms with Crippen LogP contribution in [0.25, 0.3) is 0 Å². The van der Waals surface area contributed by atoms with Gasteiger partial charge in [-0.1, -0.05) is 41.5 Å². The highest BCUT2D eigenvalue weighted by molar-refractivity contribution is 7.86. The molecule has 0 amide bonds. The minimum atomic E-state index is -3.37. The summed E-state index contributed by atoms with van der Waals surface area (Å²) >= 11 is 0. The Balaban J connectivity index is 0.000000256. The first-order chi connectivity index (χ1) is 33.1. The molecule has 20 heteroatoms. The van der Waals surface area contributed by atoms with Gasteiger partial charge in [-0.3, -0.25) is 4.18 Å². The standard InChI is InChI=1S/C17H30N2O2Si.C12H18N2O4S.C12H26O2Si.C11H16N2O2.ClH/c1-13-18-12-11-16(19-13)20-14-7-9-15(10-8-14)21-22(5,6)17(2,3)4;1-9-13-8-7-12(14-9)17-10-3-5-11(6-4-10)18-19(2,15)16;1-12(2,3)15(4,5)14-11-8-6-10(13)7-9-11;1-8-12-7-6-11(13-8)15-10-4-2-9(14)3-5-10;/h11-12,14-15H,7-10H2,1-6H3;7-8,10-11H,3-6H2,1-2H3;10-11,13H,6-9H2,1-5H3;6-7,9-10,14H,2-5H2,1H3;1H. The van der Waals surface area contributed by atoms with Gasteiger partial charge in [-0.15, -0.1) is 12.4 Å². The Morgan fingerprint density at radius 3 is 0.986 bits per heavy atom. The number of aliphatic hydroxyl groups is 2. The number of hydrogen-bond donors (Lipinski definition) is 2. The average Bonchev–Trinajstić information content (AvgIpc) is 3.26. The van der Waals surface area contributed by atoms with Crippen molar-refractivity contribution in [3.8, 4) is 17.6 Å². The van der Waals surface area contributed by atoms with Gasteiger partial charge in [0.2, 0.25) is 17.6 Å². The van der Waals surface area contributed by atoms with E-state index >= 15 is 0 Å². The molecule has 4 saturated carbocycles. The summed E-state index contributed by atoms with van der Waals surface area (Å²) in [5.41, 5.74) is 0. The van der Waals surface area contributed by atoms with E-state index in [1.165, 1.54) is 0 Å². The topological polar surface area (TPSA) is 207 Å². The molecule has 0 atom stereocenters. The molecular formula is C52H91ClN6O10SSi2. The van der Waals surface area contributed by atoms with E-state index in [1.54, 1.807) is 30.7 Å². The number of aliphatic hydroxyl groups excluding tert-OH is 2. The zero-order chi connectivity index (χ0) is 52.6. The molecule has 7 rings (SSSR count). The summed E-state index contributed by atoms with van der Waals surface area (Å²) in [4.78, 5) is 24.8. The van der Waals surface area contributed by atoms with Crippen molar-refractivity contribution in [2.75, 3.05) is 6.26 Å². The molecule has 0 aliphatic heterocycles. The van der Waals surface area contributed by atoms with Crippen LogP contribution < -0.4 is 14.2 Å². The molecule has 4 aliphatic carbocycles. The minimum Gasteiger partial charge on any atom is -0.474 e. The SMILES string of the molecule is CC(C)(C)[Si](C)(C)OC1CCC(O)CC1.Cc1nccc(OC2CCC(O)CC2)n1.Cc1nccc(OC2CCC(OS(C)(=O)=O)CC2)n1.Cc1nccc(OC2CCC(O[Si](C)(C)C(C)(C)C)CC2)n1.Cl. The number of hydrogen-bond acceptors (Lipinski definition) is 16. The lowest BCUT2D eigenvalue weighted by molar-refractivity contribution is 0.0596. The van der Waals surface area contributed by atoms with Crippen LogP contribution in [0.1, 0.15) is 162 Å². The highest BCUT2D eigenvalue weighted by Gasteiger charge is 2.41. The number of aryl methyl sites for hydroxylation is 3. The third-order valence-corrected chi connectivity index (χ3v) is 24.2. The van der Waals surface area contributed by atoms with Gasteiger partial charge in [-0.25, -0.2) is 15.0 Å². The fraction of sp³-hybridized carbons (Fsp3) is 0.769. The van der Waals surface area contributed by atoms with Crippen molar-refractivity contribution in [1.82, 2.24) is 29.9 Å². The van der Waals surface area contributed by atoms with Crippen molar-refractivity contribution < 1.29 is 45.9 Å². The highest BCUT2D eigenvalue weighted by Crippen LogP contribution is 2.40. The summed E-state index contributed by atoms with van der Waals surface area (Å²) in [7, 11) is -6.62. The van der Waals surface area contributed by atoms with Crippen LogP contribution in [0, 0.1) is 20.8 Å². The molecule has 0 spiro atoms. The van der Waals surface area contributed by atoms with Gasteiger partial charge in [0.25, 0.3) is 10.1 Å². The van der Waals surface area contributed by atoms with Gasteiger partial charge in [0, 0.05) is 49.0 Å². The van der Waals surface area contributed by atoms with Crippen molar-refractivity contribution in [3.63, 3.8) is 0 Å². The molecule has 410 valence electrons. The molecular weight excluding hydrogens is 992 g/mol. The van der Waals surface area contributed by atoms with Crippen LogP contribution in [0.5, 0.6) is 17.6 Å². The molecule has 3 aromatic rings. The lowest BCUT2D eigenvalue weighted by Gasteiger charge is -2.41. The monoisotopic (exact) mass is 1080 g/mol. The number of ether oxygens (including phenoxy) is 3. The maximum atomic E-state index is 11.0. The average molecular weight is 1080 g/mol. The van der Waals surface area contributed by atoms with Gasteiger partial charge in [-0.05, 0) is 160 Å². The Kier molecular flexibility index (Phi) is 25.4. The summed E-state index contributed by atoms with van der Waals surface area (Å²) < 4.78 is 57.4. The molecule has 0 bridgehead atoms. The van der Waals surface area contributed by atoms with E-state index in [0.29, 0.717) is 53.6 Å². The van der Waals surface area contributed by atoms with Gasteiger partial charge in [-0.2, -0.15) is 23.4 Å². The van der Waals surface area contributed by atoms with Gasteiger partial charge >= 0.3 is 0 Å². The molecule has 0 radical (unpaired) electrons. The van der Waals surface area contributed by atoms with E-state index in [0.717, 1.165) is 108 Å². The van der Waals surface area contributed by atoms with Crippen LogP contribution in [0.2, 0.25) is 36.3 Å². The van der Waals surface area contributed by atoms with Gasteiger partial charge in [0.15, 0.2) is 16.6 Å². The third-order valence-electron chi connectivity index (χ3n) is 14.5. The summed E-state index contributed by atoms with van der Waals surface area (Å²) in [5, 5.41) is 19.4. The molecule has 0 aromatic carbocycles. The van der Waals surface area contributed by atoms with Crippen molar-refractivity contribution in [1.29, 1.82) is 0 Å². The van der Waals surface area contributed by atoms with Crippen molar-refractivity contribution in [2.45, 2.75) is 250 Å². The third kappa shape index (κ3) is 23.3. The quantitative estimate of drug-likeness (QED) is 0.128. The Morgan fingerprint density at radius 2 is 0.722 bits per heavy atom. The first kappa shape index (κ1) is 63.4. The molecule has 2 N–H and O–H groups in total. The number of halogens is 1. The first-order valence-electron chi connectivity index (χ1n) is 26.0. The van der Waals surface area contributed by atoms with Gasteiger partial charge in [0.1, 0.15) is 35.8 Å². The number of nitrogens with zero attached hydrogens (tertiary/aromatic N) is 6. The summed E-state index contributed by atoms with van der Waals surface area (Å²) in [6.45, 7) is 28.5. The molecule has 16 nitrogen and oxygen atoms in total. The predicted molar refractivity (Wildman–Crippen MR) is 291 cm³/mol. The van der Waals surface area contributed by atoms with Crippen molar-refractivity contribution in [3.05, 3.63) is 54.3 Å². The van der Waals surface area contributed by atoms with Crippen LogP contribution >= 0.6 is 12.4 Å². The Labute approximate surface area is 441 Å². The van der Waals surface area contributed by atoms with E-state index in [4.69, 9.17) is 27.2 Å². The van der Waals surface area contributed by atoms with Gasteiger partial charge < -0.3 is 33.3 Å².